The first-order chi connectivity index (χ1) is 6.91. The van der Waals surface area contributed by atoms with E-state index < -0.39 is 5.91 Å². The fourth-order valence-electron chi connectivity index (χ4n) is 0.884. The third-order valence-electron chi connectivity index (χ3n) is 1.59. The van der Waals surface area contributed by atoms with E-state index in [0.29, 0.717) is 5.69 Å². The molecule has 1 rings (SSSR count). The molecule has 0 bridgehead atoms. The summed E-state index contributed by atoms with van der Waals surface area (Å²) in [6.45, 7) is 1.61. The van der Waals surface area contributed by atoms with Crippen LogP contribution in [0.1, 0.15) is 16.2 Å². The number of rotatable bonds is 1. The molecular weight excluding hydrogens is 216 g/mol. The zero-order valence-corrected chi connectivity index (χ0v) is 8.76. The Morgan fingerprint density at radius 1 is 1.33 bits per heavy atom. The molecule has 1 heterocycles. The molecule has 80 valence electrons. The molecule has 0 aliphatic carbocycles. The lowest BCUT2D eigenvalue weighted by Crippen LogP contribution is -2.36. The molecule has 15 heavy (non-hydrogen) atoms. The topological polar surface area (TPSA) is 133 Å². The molecule has 8 heteroatoms. The molecule has 0 aliphatic heterocycles. The van der Waals surface area contributed by atoms with Gasteiger partial charge < -0.3 is 17.2 Å². The van der Waals surface area contributed by atoms with Crippen molar-refractivity contribution < 1.29 is 4.79 Å². The van der Waals surface area contributed by atoms with Crippen LogP contribution in [0, 0.1) is 6.92 Å². The van der Waals surface area contributed by atoms with E-state index in [-0.39, 0.29) is 22.4 Å². The fourth-order valence-corrected chi connectivity index (χ4v) is 0.977. The summed E-state index contributed by atoms with van der Waals surface area (Å²) in [5, 5.41) is 2.04. The number of carbonyl (C=O) groups excluding carboxylic acids is 1. The maximum atomic E-state index is 11.4. The Morgan fingerprint density at radius 2 is 1.93 bits per heavy atom. The number of nitrogens with two attached hydrogens (primary N) is 3. The zero-order valence-electron chi connectivity index (χ0n) is 7.94. The van der Waals surface area contributed by atoms with Crippen molar-refractivity contribution in [2.45, 2.75) is 6.92 Å². The van der Waals surface area contributed by atoms with Gasteiger partial charge >= 0.3 is 0 Å². The van der Waals surface area contributed by atoms with Crippen LogP contribution in [0.3, 0.4) is 0 Å². The lowest BCUT2D eigenvalue weighted by molar-refractivity contribution is 0.0973. The molecule has 1 aromatic heterocycles. The number of anilines is 2. The number of thiocarbonyl (C=S) groups is 1. The van der Waals surface area contributed by atoms with Gasteiger partial charge in [0.25, 0.3) is 5.91 Å². The highest BCUT2D eigenvalue weighted by Gasteiger charge is 2.15. The lowest BCUT2D eigenvalue weighted by atomic mass is 10.3. The molecule has 0 saturated heterocycles. The lowest BCUT2D eigenvalue weighted by Gasteiger charge is -2.06. The molecule has 7 nitrogen and oxygen atoms in total. The summed E-state index contributed by atoms with van der Waals surface area (Å²) in [6, 6.07) is 0. The van der Waals surface area contributed by atoms with Gasteiger partial charge in [-0.1, -0.05) is 0 Å². The maximum Gasteiger partial charge on any atom is 0.279 e. The van der Waals surface area contributed by atoms with E-state index in [9.17, 15) is 4.79 Å². The highest BCUT2D eigenvalue weighted by Crippen LogP contribution is 2.11. The molecule has 0 unspecified atom stereocenters. The maximum absolute atomic E-state index is 11.4. The van der Waals surface area contributed by atoms with Gasteiger partial charge in [-0.25, -0.2) is 9.97 Å². The SMILES string of the molecule is Cc1nc(C(=O)NC(N)=S)c(N)nc1N. The van der Waals surface area contributed by atoms with Crippen molar-refractivity contribution in [3.05, 3.63) is 11.4 Å². The molecule has 0 atom stereocenters. The van der Waals surface area contributed by atoms with E-state index in [0.717, 1.165) is 0 Å². The molecule has 0 aromatic carbocycles. The Hall–Kier alpha value is -1.96. The normalized spacial score (nSPS) is 9.67. The number of hydrogen-bond acceptors (Lipinski definition) is 6. The van der Waals surface area contributed by atoms with Crippen molar-refractivity contribution in [3.63, 3.8) is 0 Å². The second-order valence-corrected chi connectivity index (χ2v) is 3.19. The smallest absolute Gasteiger partial charge is 0.279 e. The number of amides is 1. The predicted molar refractivity (Wildman–Crippen MR) is 59.8 cm³/mol. The fraction of sp³-hybridized carbons (Fsp3) is 0.143. The number of aromatic nitrogens is 2. The molecule has 1 amide bonds. The minimum atomic E-state index is -0.601. The van der Waals surface area contributed by atoms with Crippen LogP contribution in [0.25, 0.3) is 0 Å². The first-order valence-electron chi connectivity index (χ1n) is 3.92. The standard InChI is InChI=1S/C7H10N6OS/c1-2-4(8)12-5(9)3(11-2)6(14)13-7(10)15/h1H3,(H4,8,9,12)(H3,10,13,14,15). The number of nitrogens with one attached hydrogen (secondary N) is 1. The van der Waals surface area contributed by atoms with Crippen LogP contribution in [0.15, 0.2) is 0 Å². The Balaban J connectivity index is 3.09. The molecule has 0 saturated carbocycles. The summed E-state index contributed by atoms with van der Waals surface area (Å²) in [4.78, 5) is 19.1. The Kier molecular flexibility index (Phi) is 3.00. The largest absolute Gasteiger partial charge is 0.382 e. The van der Waals surface area contributed by atoms with E-state index in [1.165, 1.54) is 0 Å². The van der Waals surface area contributed by atoms with E-state index >= 15 is 0 Å². The zero-order chi connectivity index (χ0) is 11.6. The van der Waals surface area contributed by atoms with Crippen molar-refractivity contribution in [3.8, 4) is 0 Å². The van der Waals surface area contributed by atoms with Crippen molar-refractivity contribution in [1.29, 1.82) is 0 Å². The van der Waals surface area contributed by atoms with Crippen molar-refractivity contribution >= 4 is 34.9 Å². The Morgan fingerprint density at radius 3 is 2.47 bits per heavy atom. The monoisotopic (exact) mass is 226 g/mol. The van der Waals surface area contributed by atoms with Crippen LogP contribution in [-0.4, -0.2) is 21.0 Å². The van der Waals surface area contributed by atoms with Crippen LogP contribution in [0.4, 0.5) is 11.6 Å². The third kappa shape index (κ3) is 2.50. The van der Waals surface area contributed by atoms with Crippen LogP contribution < -0.4 is 22.5 Å². The molecule has 0 radical (unpaired) electrons. The second kappa shape index (κ2) is 4.05. The van der Waals surface area contributed by atoms with Gasteiger partial charge in [0, 0.05) is 0 Å². The second-order valence-electron chi connectivity index (χ2n) is 2.75. The number of carbonyl (C=O) groups is 1. The number of nitrogens with zero attached hydrogens (tertiary/aromatic N) is 2. The van der Waals surface area contributed by atoms with Crippen molar-refractivity contribution in [2.75, 3.05) is 11.5 Å². The van der Waals surface area contributed by atoms with Gasteiger partial charge in [0.1, 0.15) is 5.82 Å². The van der Waals surface area contributed by atoms with Gasteiger partial charge in [-0.05, 0) is 19.1 Å². The third-order valence-corrected chi connectivity index (χ3v) is 1.69. The summed E-state index contributed by atoms with van der Waals surface area (Å²) < 4.78 is 0. The van der Waals surface area contributed by atoms with E-state index in [2.05, 4.69) is 27.5 Å². The van der Waals surface area contributed by atoms with Crippen LogP contribution in [0.5, 0.6) is 0 Å². The minimum absolute atomic E-state index is 0.0468. The highest BCUT2D eigenvalue weighted by atomic mass is 32.1. The molecule has 7 N–H and O–H groups in total. The van der Waals surface area contributed by atoms with Gasteiger partial charge in [-0.3, -0.25) is 10.1 Å². The summed E-state index contributed by atoms with van der Waals surface area (Å²) in [5.41, 5.74) is 16.4. The summed E-state index contributed by atoms with van der Waals surface area (Å²) >= 11 is 4.51. The van der Waals surface area contributed by atoms with E-state index in [1.807, 2.05) is 0 Å². The van der Waals surface area contributed by atoms with Crippen molar-refractivity contribution in [2.24, 2.45) is 5.73 Å². The highest BCUT2D eigenvalue weighted by molar-refractivity contribution is 7.80. The minimum Gasteiger partial charge on any atom is -0.382 e. The summed E-state index contributed by atoms with van der Waals surface area (Å²) in [6.07, 6.45) is 0. The molecule has 0 aliphatic rings. The van der Waals surface area contributed by atoms with Gasteiger partial charge in [0.15, 0.2) is 16.6 Å². The number of hydrogen-bond donors (Lipinski definition) is 4. The van der Waals surface area contributed by atoms with Gasteiger partial charge in [0.05, 0.1) is 5.69 Å². The average molecular weight is 226 g/mol. The van der Waals surface area contributed by atoms with Gasteiger partial charge in [-0.2, -0.15) is 0 Å². The summed E-state index contributed by atoms with van der Waals surface area (Å²) in [5.74, 6) is -0.484. The van der Waals surface area contributed by atoms with Gasteiger partial charge in [0.2, 0.25) is 0 Å². The van der Waals surface area contributed by atoms with Crippen LogP contribution >= 0.6 is 12.2 Å². The molecule has 0 spiro atoms. The molecule has 1 aromatic rings. The molecule has 0 fully saturated rings. The quantitative estimate of drug-likeness (QED) is 0.448. The predicted octanol–water partition coefficient (Wildman–Crippen LogP) is -1.08. The van der Waals surface area contributed by atoms with E-state index in [1.54, 1.807) is 6.92 Å². The Bertz CT molecular complexity index is 432. The first-order valence-corrected chi connectivity index (χ1v) is 4.33. The Labute approximate surface area is 91.1 Å². The van der Waals surface area contributed by atoms with Gasteiger partial charge in [-0.15, -0.1) is 0 Å². The number of nitrogen functional groups attached to an aromatic ring is 2. The van der Waals surface area contributed by atoms with Crippen molar-refractivity contribution in [1.82, 2.24) is 15.3 Å². The van der Waals surface area contributed by atoms with Crippen LogP contribution in [-0.2, 0) is 0 Å². The van der Waals surface area contributed by atoms with E-state index in [4.69, 9.17) is 17.2 Å². The molecular formula is C7H10N6OS. The number of aryl methyl sites for hydroxylation is 1. The average Bonchev–Trinajstić information content (AvgIpc) is 2.09. The summed E-state index contributed by atoms with van der Waals surface area (Å²) in [7, 11) is 0. The van der Waals surface area contributed by atoms with Crippen LogP contribution in [0.2, 0.25) is 0 Å². The first kappa shape index (κ1) is 11.1.